The van der Waals surface area contributed by atoms with Crippen molar-refractivity contribution in [1.82, 2.24) is 4.90 Å². The van der Waals surface area contributed by atoms with Crippen molar-refractivity contribution in [1.29, 1.82) is 0 Å². The number of nitrogens with two attached hydrogens (primary N) is 1. The van der Waals surface area contributed by atoms with Crippen LogP contribution in [0, 0.1) is 11.8 Å². The number of rotatable bonds is 5. The first-order valence-electron chi connectivity index (χ1n) is 6.25. The summed E-state index contributed by atoms with van der Waals surface area (Å²) in [6, 6.07) is 0. The normalized spacial score (nSPS) is 23.2. The standard InChI is InChI=1S/C12H24N2O2/c1-3-16-9-11-5-4-6-14(8-11)12(15)10(2)7-13/h10-11H,3-9,13H2,1-2H3. The molecule has 16 heavy (non-hydrogen) atoms. The Bertz CT molecular complexity index is 221. The van der Waals surface area contributed by atoms with Gasteiger partial charge < -0.3 is 15.4 Å². The van der Waals surface area contributed by atoms with Crippen molar-refractivity contribution in [2.45, 2.75) is 26.7 Å². The van der Waals surface area contributed by atoms with Crippen molar-refractivity contribution < 1.29 is 9.53 Å². The van der Waals surface area contributed by atoms with Gasteiger partial charge in [-0.05, 0) is 25.7 Å². The highest BCUT2D eigenvalue weighted by atomic mass is 16.5. The second-order valence-electron chi connectivity index (χ2n) is 4.59. The molecular weight excluding hydrogens is 204 g/mol. The molecule has 0 aromatic heterocycles. The van der Waals surface area contributed by atoms with E-state index in [1.807, 2.05) is 18.7 Å². The molecule has 0 aliphatic carbocycles. The lowest BCUT2D eigenvalue weighted by molar-refractivity contribution is -0.137. The third kappa shape index (κ3) is 3.76. The molecule has 0 aromatic carbocycles. The highest BCUT2D eigenvalue weighted by Crippen LogP contribution is 2.18. The molecule has 1 aliphatic heterocycles. The molecule has 2 unspecified atom stereocenters. The average molecular weight is 228 g/mol. The van der Waals surface area contributed by atoms with Crippen LogP contribution in [0.15, 0.2) is 0 Å². The van der Waals surface area contributed by atoms with E-state index in [2.05, 4.69) is 0 Å². The van der Waals surface area contributed by atoms with Gasteiger partial charge >= 0.3 is 0 Å². The predicted molar refractivity (Wildman–Crippen MR) is 64.0 cm³/mol. The molecule has 0 saturated carbocycles. The van der Waals surface area contributed by atoms with Crippen LogP contribution in [0.4, 0.5) is 0 Å². The zero-order valence-corrected chi connectivity index (χ0v) is 10.4. The van der Waals surface area contributed by atoms with Gasteiger partial charge in [-0.25, -0.2) is 0 Å². The average Bonchev–Trinajstić information content (AvgIpc) is 2.34. The van der Waals surface area contributed by atoms with Gasteiger partial charge in [0, 0.05) is 32.2 Å². The number of hydrogen-bond acceptors (Lipinski definition) is 3. The molecule has 0 spiro atoms. The summed E-state index contributed by atoms with van der Waals surface area (Å²) in [6.45, 7) is 7.58. The summed E-state index contributed by atoms with van der Waals surface area (Å²) in [4.78, 5) is 13.9. The molecule has 1 amide bonds. The van der Waals surface area contributed by atoms with Crippen molar-refractivity contribution >= 4 is 5.91 Å². The zero-order chi connectivity index (χ0) is 12.0. The van der Waals surface area contributed by atoms with Crippen molar-refractivity contribution in [3.8, 4) is 0 Å². The number of ether oxygens (including phenoxy) is 1. The number of likely N-dealkylation sites (tertiary alicyclic amines) is 1. The van der Waals surface area contributed by atoms with Gasteiger partial charge in [0.2, 0.25) is 5.91 Å². The van der Waals surface area contributed by atoms with Gasteiger partial charge in [0.1, 0.15) is 0 Å². The first-order chi connectivity index (χ1) is 7.69. The summed E-state index contributed by atoms with van der Waals surface area (Å²) in [5.41, 5.74) is 5.52. The van der Waals surface area contributed by atoms with Gasteiger partial charge in [-0.3, -0.25) is 4.79 Å². The molecule has 0 bridgehead atoms. The minimum atomic E-state index is -0.0501. The molecule has 94 valence electrons. The molecule has 1 heterocycles. The van der Waals surface area contributed by atoms with E-state index in [4.69, 9.17) is 10.5 Å². The molecule has 1 saturated heterocycles. The van der Waals surface area contributed by atoms with Gasteiger partial charge in [-0.15, -0.1) is 0 Å². The van der Waals surface area contributed by atoms with Crippen LogP contribution in [0.1, 0.15) is 26.7 Å². The number of hydrogen-bond donors (Lipinski definition) is 1. The highest BCUT2D eigenvalue weighted by Gasteiger charge is 2.25. The van der Waals surface area contributed by atoms with E-state index >= 15 is 0 Å². The monoisotopic (exact) mass is 228 g/mol. The van der Waals surface area contributed by atoms with Crippen molar-refractivity contribution in [3.63, 3.8) is 0 Å². The third-order valence-corrected chi connectivity index (χ3v) is 3.16. The van der Waals surface area contributed by atoms with Crippen molar-refractivity contribution in [2.24, 2.45) is 17.6 Å². The fourth-order valence-corrected chi connectivity index (χ4v) is 2.10. The first-order valence-corrected chi connectivity index (χ1v) is 6.25. The second kappa shape index (κ2) is 6.86. The van der Waals surface area contributed by atoms with Crippen LogP contribution >= 0.6 is 0 Å². The van der Waals surface area contributed by atoms with Gasteiger partial charge in [0.25, 0.3) is 0 Å². The molecule has 1 fully saturated rings. The second-order valence-corrected chi connectivity index (χ2v) is 4.59. The van der Waals surface area contributed by atoms with E-state index in [0.29, 0.717) is 12.5 Å². The molecule has 1 aliphatic rings. The Balaban J connectivity index is 2.40. The highest BCUT2D eigenvalue weighted by molar-refractivity contribution is 5.78. The van der Waals surface area contributed by atoms with E-state index in [0.717, 1.165) is 32.7 Å². The van der Waals surface area contributed by atoms with Crippen LogP contribution < -0.4 is 5.73 Å². The number of carbonyl (C=O) groups excluding carboxylic acids is 1. The van der Waals surface area contributed by atoms with E-state index in [9.17, 15) is 4.79 Å². The smallest absolute Gasteiger partial charge is 0.226 e. The van der Waals surface area contributed by atoms with E-state index in [1.165, 1.54) is 6.42 Å². The van der Waals surface area contributed by atoms with Crippen LogP contribution in [0.3, 0.4) is 0 Å². The SMILES string of the molecule is CCOCC1CCCN(C(=O)C(C)CN)C1. The van der Waals surface area contributed by atoms with E-state index in [1.54, 1.807) is 0 Å². The van der Waals surface area contributed by atoms with Gasteiger partial charge in [-0.2, -0.15) is 0 Å². The Labute approximate surface area is 98.1 Å². The Morgan fingerprint density at radius 3 is 3.00 bits per heavy atom. The summed E-state index contributed by atoms with van der Waals surface area (Å²) < 4.78 is 5.43. The minimum absolute atomic E-state index is 0.0501. The predicted octanol–water partition coefficient (Wildman–Crippen LogP) is 0.856. The van der Waals surface area contributed by atoms with Crippen molar-refractivity contribution in [2.75, 3.05) is 32.8 Å². The molecule has 4 heteroatoms. The van der Waals surface area contributed by atoms with Crippen LogP contribution in [-0.4, -0.2) is 43.7 Å². The van der Waals surface area contributed by atoms with E-state index in [-0.39, 0.29) is 11.8 Å². The molecule has 0 radical (unpaired) electrons. The number of amides is 1. The lowest BCUT2D eigenvalue weighted by Gasteiger charge is -2.34. The molecule has 2 atom stereocenters. The van der Waals surface area contributed by atoms with Crippen LogP contribution in [0.25, 0.3) is 0 Å². The summed E-state index contributed by atoms with van der Waals surface area (Å²) in [5.74, 6) is 0.650. The quantitative estimate of drug-likeness (QED) is 0.759. The zero-order valence-electron chi connectivity index (χ0n) is 10.4. The third-order valence-electron chi connectivity index (χ3n) is 3.16. The number of carbonyl (C=O) groups is 1. The van der Waals surface area contributed by atoms with Gasteiger partial charge in [0.15, 0.2) is 0 Å². The van der Waals surface area contributed by atoms with Crippen molar-refractivity contribution in [3.05, 3.63) is 0 Å². The van der Waals surface area contributed by atoms with Gasteiger partial charge in [0.05, 0.1) is 6.61 Å². The summed E-state index contributed by atoms with van der Waals surface area (Å²) in [6.07, 6.45) is 2.25. The summed E-state index contributed by atoms with van der Waals surface area (Å²) in [5, 5.41) is 0. The minimum Gasteiger partial charge on any atom is -0.381 e. The fourth-order valence-electron chi connectivity index (χ4n) is 2.10. The van der Waals surface area contributed by atoms with Crippen LogP contribution in [0.2, 0.25) is 0 Å². The first kappa shape index (κ1) is 13.5. The summed E-state index contributed by atoms with van der Waals surface area (Å²) >= 11 is 0. The Kier molecular flexibility index (Phi) is 5.77. The van der Waals surface area contributed by atoms with Crippen LogP contribution in [-0.2, 0) is 9.53 Å². The number of nitrogens with zero attached hydrogens (tertiary/aromatic N) is 1. The maximum Gasteiger partial charge on any atom is 0.226 e. The molecule has 1 rings (SSSR count). The van der Waals surface area contributed by atoms with Gasteiger partial charge in [-0.1, -0.05) is 6.92 Å². The Morgan fingerprint density at radius 1 is 1.62 bits per heavy atom. The molecular formula is C12H24N2O2. The lowest BCUT2D eigenvalue weighted by Crippen LogP contribution is -2.44. The molecule has 4 nitrogen and oxygen atoms in total. The molecule has 2 N–H and O–H groups in total. The fraction of sp³-hybridized carbons (Fsp3) is 0.917. The summed E-state index contributed by atoms with van der Waals surface area (Å²) in [7, 11) is 0. The maximum atomic E-state index is 12.0. The topological polar surface area (TPSA) is 55.6 Å². The Hall–Kier alpha value is -0.610. The lowest BCUT2D eigenvalue weighted by atomic mass is 9.97. The van der Waals surface area contributed by atoms with E-state index < -0.39 is 0 Å². The van der Waals surface area contributed by atoms with Crippen LogP contribution in [0.5, 0.6) is 0 Å². The molecule has 0 aromatic rings. The maximum absolute atomic E-state index is 12.0. The largest absolute Gasteiger partial charge is 0.381 e. The number of piperidine rings is 1. The Morgan fingerprint density at radius 2 is 2.38 bits per heavy atom.